The standard InChI is InChI=1S/C26H33NO3/c1-25-13-11-23(29)27(3)22(25)9-8-18-19(25)10-12-26(2)20(18)15-17(24(26)30)14-16-6-4-5-7-21(16)28/h4-7,11,13-14,18-20,22,24,28,30H,8-10,12,15H2,1-3H3/b17-14-/t18-,19+,20+,22-,24+,25-,26+/m1/s1. The van der Waals surface area contributed by atoms with Crippen molar-refractivity contribution in [2.75, 3.05) is 7.05 Å². The Bertz CT molecular complexity index is 936. The van der Waals surface area contributed by atoms with Gasteiger partial charge in [-0.05, 0) is 73.6 Å². The van der Waals surface area contributed by atoms with E-state index in [2.05, 4.69) is 19.9 Å². The molecule has 0 saturated heterocycles. The zero-order valence-electron chi connectivity index (χ0n) is 18.2. The lowest BCUT2D eigenvalue weighted by Crippen LogP contribution is -2.59. The Morgan fingerprint density at radius 2 is 1.90 bits per heavy atom. The summed E-state index contributed by atoms with van der Waals surface area (Å²) in [5.74, 6) is 1.93. The maximum atomic E-state index is 12.3. The molecule has 3 aliphatic carbocycles. The topological polar surface area (TPSA) is 60.8 Å². The summed E-state index contributed by atoms with van der Waals surface area (Å²) >= 11 is 0. The predicted octanol–water partition coefficient (Wildman–Crippen LogP) is 4.39. The average Bonchev–Trinajstić information content (AvgIpc) is 2.98. The van der Waals surface area contributed by atoms with Crippen molar-refractivity contribution in [2.45, 2.75) is 58.1 Å². The quantitative estimate of drug-likeness (QED) is 0.726. The van der Waals surface area contributed by atoms with Gasteiger partial charge in [0.25, 0.3) is 0 Å². The van der Waals surface area contributed by atoms with E-state index < -0.39 is 6.10 Å². The lowest BCUT2D eigenvalue weighted by molar-refractivity contribution is -0.140. The van der Waals surface area contributed by atoms with Crippen LogP contribution in [0.25, 0.3) is 6.08 Å². The molecule has 0 radical (unpaired) electrons. The normalized spacial score (nSPS) is 44.0. The number of benzene rings is 1. The van der Waals surface area contributed by atoms with Gasteiger partial charge in [-0.1, -0.05) is 38.1 Å². The molecule has 5 rings (SSSR count). The molecule has 1 amide bonds. The van der Waals surface area contributed by atoms with Gasteiger partial charge in [0, 0.05) is 29.5 Å². The fourth-order valence-electron chi connectivity index (χ4n) is 7.55. The second kappa shape index (κ2) is 6.71. The molecule has 4 nitrogen and oxygen atoms in total. The van der Waals surface area contributed by atoms with Crippen molar-refractivity contribution >= 4 is 12.0 Å². The first-order valence-electron chi connectivity index (χ1n) is 11.4. The first kappa shape index (κ1) is 19.9. The molecule has 0 bridgehead atoms. The van der Waals surface area contributed by atoms with Crippen molar-refractivity contribution in [3.63, 3.8) is 0 Å². The number of nitrogens with zero attached hydrogens (tertiary/aromatic N) is 1. The van der Waals surface area contributed by atoms with Gasteiger partial charge in [0.05, 0.1) is 6.10 Å². The molecule has 3 saturated carbocycles. The Balaban J connectivity index is 1.49. The third-order valence-electron chi connectivity index (χ3n) is 9.27. The molecule has 0 aromatic heterocycles. The van der Waals surface area contributed by atoms with Crippen molar-refractivity contribution in [1.82, 2.24) is 4.90 Å². The summed E-state index contributed by atoms with van der Waals surface area (Å²) in [6, 6.07) is 7.64. The number of rotatable bonds is 1. The van der Waals surface area contributed by atoms with Gasteiger partial charge < -0.3 is 15.1 Å². The van der Waals surface area contributed by atoms with Crippen LogP contribution in [0.5, 0.6) is 5.75 Å². The second-order valence-corrected chi connectivity index (χ2v) is 10.5. The number of amides is 1. The summed E-state index contributed by atoms with van der Waals surface area (Å²) in [6.45, 7) is 4.62. The van der Waals surface area contributed by atoms with Crippen LogP contribution in [-0.4, -0.2) is 40.2 Å². The van der Waals surface area contributed by atoms with Gasteiger partial charge in [-0.15, -0.1) is 0 Å². The minimum absolute atomic E-state index is 0.0159. The zero-order chi connectivity index (χ0) is 21.3. The third-order valence-corrected chi connectivity index (χ3v) is 9.27. The third kappa shape index (κ3) is 2.65. The van der Waals surface area contributed by atoms with Crippen molar-refractivity contribution in [2.24, 2.45) is 28.6 Å². The fraction of sp³-hybridized carbons (Fsp3) is 0.577. The lowest BCUT2D eigenvalue weighted by atomic mass is 9.48. The lowest BCUT2D eigenvalue weighted by Gasteiger charge is -2.59. The smallest absolute Gasteiger partial charge is 0.246 e. The van der Waals surface area contributed by atoms with E-state index in [4.69, 9.17) is 0 Å². The molecular formula is C26H33NO3. The summed E-state index contributed by atoms with van der Waals surface area (Å²) in [4.78, 5) is 14.2. The Labute approximate surface area is 179 Å². The predicted molar refractivity (Wildman–Crippen MR) is 118 cm³/mol. The van der Waals surface area contributed by atoms with E-state index in [1.807, 2.05) is 36.2 Å². The van der Waals surface area contributed by atoms with Crippen LogP contribution in [-0.2, 0) is 4.79 Å². The van der Waals surface area contributed by atoms with Crippen LogP contribution in [0.15, 0.2) is 42.0 Å². The summed E-state index contributed by atoms with van der Waals surface area (Å²) in [6.07, 6.45) is 10.7. The zero-order valence-corrected chi connectivity index (χ0v) is 18.2. The maximum Gasteiger partial charge on any atom is 0.246 e. The number of carbonyl (C=O) groups excluding carboxylic acids is 1. The number of hydrogen-bond donors (Lipinski definition) is 2. The van der Waals surface area contributed by atoms with Crippen LogP contribution in [0.1, 0.15) is 51.5 Å². The molecule has 0 unspecified atom stereocenters. The largest absolute Gasteiger partial charge is 0.507 e. The van der Waals surface area contributed by atoms with E-state index in [1.165, 1.54) is 0 Å². The van der Waals surface area contributed by atoms with Crippen molar-refractivity contribution in [3.05, 3.63) is 47.6 Å². The van der Waals surface area contributed by atoms with Crippen LogP contribution in [0.3, 0.4) is 0 Å². The number of para-hydroxylation sites is 1. The molecule has 160 valence electrons. The molecule has 4 aliphatic rings. The molecule has 1 aromatic rings. The summed E-state index contributed by atoms with van der Waals surface area (Å²) in [7, 11) is 1.95. The molecule has 30 heavy (non-hydrogen) atoms. The molecule has 1 aromatic carbocycles. The summed E-state index contributed by atoms with van der Waals surface area (Å²) < 4.78 is 0. The first-order valence-corrected chi connectivity index (χ1v) is 11.4. The van der Waals surface area contributed by atoms with Gasteiger partial charge in [0.2, 0.25) is 5.91 Å². The van der Waals surface area contributed by atoms with Crippen LogP contribution >= 0.6 is 0 Å². The molecule has 0 spiro atoms. The Hall–Kier alpha value is -2.07. The van der Waals surface area contributed by atoms with E-state index in [0.717, 1.165) is 43.2 Å². The highest BCUT2D eigenvalue weighted by Gasteiger charge is 2.61. The Morgan fingerprint density at radius 1 is 1.13 bits per heavy atom. The van der Waals surface area contributed by atoms with Crippen LogP contribution < -0.4 is 0 Å². The van der Waals surface area contributed by atoms with Crippen LogP contribution in [0.4, 0.5) is 0 Å². The number of aliphatic hydroxyl groups is 1. The number of phenols is 1. The first-order chi connectivity index (χ1) is 14.3. The fourth-order valence-corrected chi connectivity index (χ4v) is 7.55. The average molecular weight is 408 g/mol. The number of phenolic OH excluding ortho intramolecular Hbond substituents is 1. The Kier molecular flexibility index (Phi) is 4.45. The van der Waals surface area contributed by atoms with E-state index in [9.17, 15) is 15.0 Å². The number of aromatic hydroxyl groups is 1. The Morgan fingerprint density at radius 3 is 2.67 bits per heavy atom. The number of carbonyl (C=O) groups is 1. The molecule has 1 heterocycles. The minimum Gasteiger partial charge on any atom is -0.507 e. The van der Waals surface area contributed by atoms with Gasteiger partial charge in [-0.3, -0.25) is 4.79 Å². The van der Waals surface area contributed by atoms with Gasteiger partial charge in [-0.2, -0.15) is 0 Å². The highest BCUT2D eigenvalue weighted by molar-refractivity contribution is 5.89. The number of fused-ring (bicyclic) bond motifs is 5. The summed E-state index contributed by atoms with van der Waals surface area (Å²) in [5.41, 5.74) is 1.75. The molecule has 3 fully saturated rings. The maximum absolute atomic E-state index is 12.3. The number of likely N-dealkylation sites (N-methyl/N-ethyl adjacent to an activating group) is 1. The molecular weight excluding hydrogens is 374 g/mol. The molecule has 4 heteroatoms. The van der Waals surface area contributed by atoms with Gasteiger partial charge in [-0.25, -0.2) is 0 Å². The number of hydrogen-bond acceptors (Lipinski definition) is 3. The highest BCUT2D eigenvalue weighted by atomic mass is 16.3. The molecule has 7 atom stereocenters. The second-order valence-electron chi connectivity index (χ2n) is 10.5. The summed E-state index contributed by atoms with van der Waals surface area (Å²) in [5, 5.41) is 21.6. The van der Waals surface area contributed by atoms with Gasteiger partial charge in [0.1, 0.15) is 5.75 Å². The van der Waals surface area contributed by atoms with E-state index in [-0.39, 0.29) is 28.5 Å². The van der Waals surface area contributed by atoms with Crippen molar-refractivity contribution in [1.29, 1.82) is 0 Å². The monoisotopic (exact) mass is 407 g/mol. The van der Waals surface area contributed by atoms with E-state index in [0.29, 0.717) is 17.8 Å². The van der Waals surface area contributed by atoms with Crippen LogP contribution in [0.2, 0.25) is 0 Å². The molecule has 1 aliphatic heterocycles. The van der Waals surface area contributed by atoms with Gasteiger partial charge >= 0.3 is 0 Å². The van der Waals surface area contributed by atoms with Gasteiger partial charge in [0.15, 0.2) is 0 Å². The van der Waals surface area contributed by atoms with Crippen molar-refractivity contribution in [3.8, 4) is 5.75 Å². The SMILES string of the molecule is CN1C(=O)C=C[C@]2(C)[C@H]3CC[C@]4(C)[C@@H](O)/C(=C\c5ccccc5O)C[C@H]4[C@@H]3CC[C@@H]12. The molecule has 2 N–H and O–H groups in total. The van der Waals surface area contributed by atoms with Crippen LogP contribution in [0, 0.1) is 28.6 Å². The van der Waals surface area contributed by atoms with Crippen molar-refractivity contribution < 1.29 is 15.0 Å². The number of aliphatic hydroxyl groups excluding tert-OH is 1. The van der Waals surface area contributed by atoms with E-state index in [1.54, 1.807) is 12.1 Å². The minimum atomic E-state index is -0.459. The highest BCUT2D eigenvalue weighted by Crippen LogP contribution is 2.65. The van der Waals surface area contributed by atoms with E-state index >= 15 is 0 Å².